The molecule has 23 heavy (non-hydrogen) atoms. The van der Waals surface area contributed by atoms with Crippen molar-refractivity contribution in [2.24, 2.45) is 0 Å². The second-order valence-corrected chi connectivity index (χ2v) is 4.76. The second kappa shape index (κ2) is 18.9. The van der Waals surface area contributed by atoms with E-state index in [4.69, 9.17) is 0 Å². The van der Waals surface area contributed by atoms with E-state index in [-0.39, 0.29) is 26.2 Å². The molecule has 2 aromatic rings. The molecule has 0 saturated carbocycles. The zero-order valence-electron chi connectivity index (χ0n) is 13.7. The minimum Gasteiger partial charge on any atom is -0.501 e. The van der Waals surface area contributed by atoms with Gasteiger partial charge in [-0.1, -0.05) is 25.7 Å². The fraction of sp³-hybridized carbons (Fsp3) is 0.273. The molecule has 2 aromatic carbocycles. The van der Waals surface area contributed by atoms with Crippen LogP contribution in [-0.2, 0) is 26.2 Å². The van der Waals surface area contributed by atoms with E-state index in [0.29, 0.717) is 0 Å². The van der Waals surface area contributed by atoms with Gasteiger partial charge < -0.3 is 12.2 Å². The molecule has 116 valence electrons. The standard InChI is InChI=1S/2C6H5.2C5H7.Zr/c2*1-2-4-6-5-3-1;2*1-2-4-5-3-1;/h2*1-5H;2*1H,2,4-5H2;/q4*-1;+4. The Kier molecular flexibility index (Phi) is 17.9. The number of rotatable bonds is 0. The van der Waals surface area contributed by atoms with Crippen LogP contribution in [0.25, 0.3) is 0 Å². The van der Waals surface area contributed by atoms with E-state index in [9.17, 15) is 0 Å². The van der Waals surface area contributed by atoms with E-state index < -0.39 is 0 Å². The van der Waals surface area contributed by atoms with E-state index in [1.165, 1.54) is 38.5 Å². The molecule has 0 fully saturated rings. The monoisotopic (exact) mass is 378 g/mol. The van der Waals surface area contributed by atoms with Crippen molar-refractivity contribution in [3.05, 3.63) is 97.1 Å². The Morgan fingerprint density at radius 1 is 0.522 bits per heavy atom. The van der Waals surface area contributed by atoms with Crippen molar-refractivity contribution in [2.45, 2.75) is 38.5 Å². The predicted octanol–water partition coefficient (Wildman–Crippen LogP) is 6.03. The zero-order valence-corrected chi connectivity index (χ0v) is 16.1. The topological polar surface area (TPSA) is 0 Å². The Morgan fingerprint density at radius 3 is 1.00 bits per heavy atom. The summed E-state index contributed by atoms with van der Waals surface area (Å²) >= 11 is 0. The van der Waals surface area contributed by atoms with Crippen molar-refractivity contribution in [1.29, 1.82) is 0 Å². The van der Waals surface area contributed by atoms with Gasteiger partial charge in [-0.25, -0.2) is 0 Å². The van der Waals surface area contributed by atoms with Crippen molar-refractivity contribution in [3.63, 3.8) is 0 Å². The molecule has 1 heteroatoms. The van der Waals surface area contributed by atoms with Crippen LogP contribution in [0.15, 0.2) is 72.8 Å². The van der Waals surface area contributed by atoms with Crippen LogP contribution in [0.3, 0.4) is 0 Å². The van der Waals surface area contributed by atoms with Crippen molar-refractivity contribution >= 4 is 0 Å². The summed E-state index contributed by atoms with van der Waals surface area (Å²) in [4.78, 5) is 0. The molecule has 0 aromatic heterocycles. The molecular formula is C22H24Zr. The van der Waals surface area contributed by atoms with Gasteiger partial charge in [-0.3, -0.25) is 12.2 Å². The number of allylic oxidation sites excluding steroid dienone is 4. The third-order valence-corrected chi connectivity index (χ3v) is 2.84. The largest absolute Gasteiger partial charge is 4.00 e. The molecule has 0 spiro atoms. The summed E-state index contributed by atoms with van der Waals surface area (Å²) in [5.41, 5.74) is 0. The molecule has 0 amide bonds. The maximum Gasteiger partial charge on any atom is 4.00 e. The molecule has 2 aliphatic rings. The summed E-state index contributed by atoms with van der Waals surface area (Å²) in [7, 11) is 0. The Hall–Kier alpha value is -1.20. The Balaban J connectivity index is 0.000000278. The van der Waals surface area contributed by atoms with Crippen LogP contribution in [0, 0.1) is 24.3 Å². The summed E-state index contributed by atoms with van der Waals surface area (Å²) in [5.74, 6) is 0. The van der Waals surface area contributed by atoms with E-state index >= 15 is 0 Å². The van der Waals surface area contributed by atoms with Crippen LogP contribution in [0.1, 0.15) is 38.5 Å². The van der Waals surface area contributed by atoms with Gasteiger partial charge in [0.2, 0.25) is 0 Å². The van der Waals surface area contributed by atoms with Crippen LogP contribution in [0.2, 0.25) is 0 Å². The molecule has 0 aliphatic heterocycles. The van der Waals surface area contributed by atoms with Crippen LogP contribution >= 0.6 is 0 Å². The van der Waals surface area contributed by atoms with Crippen LogP contribution < -0.4 is 0 Å². The molecular weight excluding hydrogens is 355 g/mol. The van der Waals surface area contributed by atoms with E-state index in [1.807, 2.05) is 60.7 Å². The first kappa shape index (κ1) is 21.8. The van der Waals surface area contributed by atoms with Gasteiger partial charge in [0.1, 0.15) is 0 Å². The molecule has 0 unspecified atom stereocenters. The Morgan fingerprint density at radius 2 is 0.913 bits per heavy atom. The average molecular weight is 380 g/mol. The van der Waals surface area contributed by atoms with E-state index in [0.717, 1.165) is 0 Å². The van der Waals surface area contributed by atoms with Crippen molar-refractivity contribution in [1.82, 2.24) is 0 Å². The summed E-state index contributed by atoms with van der Waals surface area (Å²) in [6.45, 7) is 0. The summed E-state index contributed by atoms with van der Waals surface area (Å²) in [6, 6.07) is 25.0. The normalized spacial score (nSPS) is 13.2. The van der Waals surface area contributed by atoms with Gasteiger partial charge in [0, 0.05) is 0 Å². The summed E-state index contributed by atoms with van der Waals surface area (Å²) in [5, 5.41) is 0. The van der Waals surface area contributed by atoms with Gasteiger partial charge in [0.25, 0.3) is 0 Å². The Bertz CT molecular complexity index is 361. The molecule has 0 atom stereocenters. The quantitative estimate of drug-likeness (QED) is 0.490. The summed E-state index contributed by atoms with van der Waals surface area (Å²) in [6.07, 6.45) is 18.0. The van der Waals surface area contributed by atoms with Crippen molar-refractivity contribution < 1.29 is 26.2 Å². The fourth-order valence-electron chi connectivity index (χ4n) is 1.70. The van der Waals surface area contributed by atoms with Crippen LogP contribution in [0.5, 0.6) is 0 Å². The first-order valence-corrected chi connectivity index (χ1v) is 7.92. The smallest absolute Gasteiger partial charge is 0.501 e. The minimum atomic E-state index is 0. The van der Waals surface area contributed by atoms with Gasteiger partial charge in [-0.2, -0.15) is 85.6 Å². The third-order valence-electron chi connectivity index (χ3n) is 2.84. The number of hydrogen-bond donors (Lipinski definition) is 0. The molecule has 0 bridgehead atoms. The van der Waals surface area contributed by atoms with E-state index in [1.54, 1.807) is 0 Å². The second-order valence-electron chi connectivity index (χ2n) is 4.76. The van der Waals surface area contributed by atoms with Crippen LogP contribution in [0.4, 0.5) is 0 Å². The van der Waals surface area contributed by atoms with Crippen molar-refractivity contribution in [3.8, 4) is 0 Å². The Labute approximate surface area is 161 Å². The molecule has 0 N–H and O–H groups in total. The predicted molar refractivity (Wildman–Crippen MR) is 93.9 cm³/mol. The molecule has 4 rings (SSSR count). The fourth-order valence-corrected chi connectivity index (χ4v) is 1.70. The van der Waals surface area contributed by atoms with Gasteiger partial charge in [-0.05, 0) is 0 Å². The summed E-state index contributed by atoms with van der Waals surface area (Å²) < 4.78 is 0. The molecule has 0 radical (unpaired) electrons. The third kappa shape index (κ3) is 17.0. The van der Waals surface area contributed by atoms with Gasteiger partial charge >= 0.3 is 26.2 Å². The van der Waals surface area contributed by atoms with Gasteiger partial charge in [0.15, 0.2) is 0 Å². The SMILES string of the molecule is [C-]1=CCCC1.[C-]1=CCCC1.[Zr+4].[c-]1ccccc1.[c-]1ccccc1. The zero-order chi connectivity index (χ0) is 15.6. The first-order valence-electron chi connectivity index (χ1n) is 7.92. The van der Waals surface area contributed by atoms with Gasteiger partial charge in [0.05, 0.1) is 0 Å². The maximum absolute atomic E-state index is 3.10. The average Bonchev–Trinajstić information content (AvgIpc) is 3.37. The maximum atomic E-state index is 3.10. The molecule has 0 heterocycles. The van der Waals surface area contributed by atoms with Crippen molar-refractivity contribution in [2.75, 3.05) is 0 Å². The molecule has 2 aliphatic carbocycles. The molecule has 0 saturated heterocycles. The van der Waals surface area contributed by atoms with Crippen LogP contribution in [-0.4, -0.2) is 0 Å². The first-order chi connectivity index (χ1) is 11.0. The number of benzene rings is 2. The van der Waals surface area contributed by atoms with Gasteiger partial charge in [-0.15, -0.1) is 0 Å². The number of hydrogen-bond acceptors (Lipinski definition) is 0. The molecule has 0 nitrogen and oxygen atoms in total. The van der Waals surface area contributed by atoms with E-state index in [2.05, 4.69) is 36.4 Å². The minimum absolute atomic E-state index is 0.